The van der Waals surface area contributed by atoms with Crippen LogP contribution < -0.4 is 5.43 Å². The number of hydrogen-bond donors (Lipinski definition) is 1. The number of halogens is 4. The van der Waals surface area contributed by atoms with E-state index in [0.717, 1.165) is 10.9 Å². The molecule has 0 aliphatic carbocycles. The van der Waals surface area contributed by atoms with Crippen molar-refractivity contribution in [1.29, 1.82) is 0 Å². The molecule has 1 N–H and O–H groups in total. The molecule has 0 atom stereocenters. The number of anilines is 1. The maximum absolute atomic E-state index is 12.4. The number of nitrogens with one attached hydrogen (secondary N) is 1. The number of thiophene rings is 1. The summed E-state index contributed by atoms with van der Waals surface area (Å²) in [4.78, 5) is 4.49. The van der Waals surface area contributed by atoms with Gasteiger partial charge < -0.3 is 0 Å². The third-order valence-corrected chi connectivity index (χ3v) is 3.17. The zero-order valence-corrected chi connectivity index (χ0v) is 10.9. The maximum Gasteiger partial charge on any atom is 0.417 e. The van der Waals surface area contributed by atoms with Crippen molar-refractivity contribution < 1.29 is 13.2 Å². The van der Waals surface area contributed by atoms with Crippen molar-refractivity contribution >= 4 is 35.0 Å². The molecular weight excluding hydrogens is 299 g/mol. The number of alkyl halides is 3. The maximum atomic E-state index is 12.4. The minimum absolute atomic E-state index is 0.0717. The quantitative estimate of drug-likeness (QED) is 0.679. The zero-order chi connectivity index (χ0) is 13.9. The number of pyridine rings is 1. The van der Waals surface area contributed by atoms with Crippen LogP contribution in [0.4, 0.5) is 19.0 Å². The first-order valence-electron chi connectivity index (χ1n) is 5.02. The molecule has 2 heterocycles. The Kier molecular flexibility index (Phi) is 4.06. The van der Waals surface area contributed by atoms with Crippen molar-refractivity contribution in [3.63, 3.8) is 0 Å². The van der Waals surface area contributed by atoms with E-state index in [1.54, 1.807) is 0 Å². The van der Waals surface area contributed by atoms with E-state index in [0.29, 0.717) is 6.20 Å². The first-order valence-corrected chi connectivity index (χ1v) is 6.28. The van der Waals surface area contributed by atoms with Crippen molar-refractivity contribution in [1.82, 2.24) is 4.98 Å². The van der Waals surface area contributed by atoms with Crippen LogP contribution in [0.5, 0.6) is 0 Å². The molecule has 0 saturated carbocycles. The largest absolute Gasteiger partial charge is 0.417 e. The van der Waals surface area contributed by atoms with Gasteiger partial charge in [0, 0.05) is 11.1 Å². The smallest absolute Gasteiger partial charge is 0.260 e. The number of nitrogens with zero attached hydrogens (tertiary/aromatic N) is 2. The molecule has 3 nitrogen and oxygen atoms in total. The zero-order valence-electron chi connectivity index (χ0n) is 9.28. The second kappa shape index (κ2) is 5.58. The van der Waals surface area contributed by atoms with Crippen LogP contribution in [0.2, 0.25) is 5.02 Å². The summed E-state index contributed by atoms with van der Waals surface area (Å²) in [6, 6.07) is 4.50. The van der Waals surface area contributed by atoms with Crippen molar-refractivity contribution in [3.05, 3.63) is 45.2 Å². The van der Waals surface area contributed by atoms with Crippen molar-refractivity contribution in [2.75, 3.05) is 5.43 Å². The molecule has 2 aromatic heterocycles. The molecule has 0 saturated heterocycles. The van der Waals surface area contributed by atoms with Gasteiger partial charge in [-0.05, 0) is 17.5 Å². The van der Waals surface area contributed by atoms with Crippen molar-refractivity contribution in [3.8, 4) is 0 Å². The molecule has 0 amide bonds. The van der Waals surface area contributed by atoms with Gasteiger partial charge in [-0.2, -0.15) is 18.3 Å². The Morgan fingerprint density at radius 3 is 2.79 bits per heavy atom. The van der Waals surface area contributed by atoms with E-state index >= 15 is 0 Å². The summed E-state index contributed by atoms with van der Waals surface area (Å²) < 4.78 is 37.2. The van der Waals surface area contributed by atoms with Crippen LogP contribution in [0.3, 0.4) is 0 Å². The van der Waals surface area contributed by atoms with Gasteiger partial charge in [-0.3, -0.25) is 5.43 Å². The van der Waals surface area contributed by atoms with Crippen molar-refractivity contribution in [2.45, 2.75) is 6.18 Å². The lowest BCUT2D eigenvalue weighted by Crippen LogP contribution is -2.06. The summed E-state index contributed by atoms with van der Waals surface area (Å²) in [5, 5.41) is 5.58. The monoisotopic (exact) mass is 305 g/mol. The molecule has 100 valence electrons. The summed E-state index contributed by atoms with van der Waals surface area (Å²) in [7, 11) is 0. The molecular formula is C11H7ClF3N3S. The summed E-state index contributed by atoms with van der Waals surface area (Å²) in [5.74, 6) is 0.0717. The first-order chi connectivity index (χ1) is 8.97. The highest BCUT2D eigenvalue weighted by molar-refractivity contribution is 7.11. The van der Waals surface area contributed by atoms with E-state index in [2.05, 4.69) is 15.5 Å². The molecule has 19 heavy (non-hydrogen) atoms. The number of rotatable bonds is 3. The van der Waals surface area contributed by atoms with E-state index < -0.39 is 11.7 Å². The summed E-state index contributed by atoms with van der Waals surface area (Å²) >= 11 is 7.18. The highest BCUT2D eigenvalue weighted by Crippen LogP contribution is 2.32. The Balaban J connectivity index is 2.10. The van der Waals surface area contributed by atoms with Gasteiger partial charge in [-0.1, -0.05) is 17.7 Å². The van der Waals surface area contributed by atoms with E-state index in [4.69, 9.17) is 11.6 Å². The summed E-state index contributed by atoms with van der Waals surface area (Å²) in [6.45, 7) is 0. The second-order valence-corrected chi connectivity index (χ2v) is 4.82. The fourth-order valence-electron chi connectivity index (χ4n) is 1.20. The highest BCUT2D eigenvalue weighted by Gasteiger charge is 2.31. The van der Waals surface area contributed by atoms with Gasteiger partial charge in [0.1, 0.15) is 0 Å². The Hall–Kier alpha value is -1.60. The molecule has 2 rings (SSSR count). The van der Waals surface area contributed by atoms with E-state index in [9.17, 15) is 13.2 Å². The minimum Gasteiger partial charge on any atom is -0.260 e. The number of aromatic nitrogens is 1. The van der Waals surface area contributed by atoms with Gasteiger partial charge in [0.05, 0.1) is 16.8 Å². The van der Waals surface area contributed by atoms with Crippen LogP contribution in [-0.4, -0.2) is 11.2 Å². The second-order valence-electron chi connectivity index (χ2n) is 3.44. The van der Waals surface area contributed by atoms with Crippen LogP contribution in [0.15, 0.2) is 34.9 Å². The Morgan fingerprint density at radius 2 is 2.21 bits per heavy atom. The van der Waals surface area contributed by atoms with E-state index in [-0.39, 0.29) is 10.8 Å². The van der Waals surface area contributed by atoms with Crippen LogP contribution >= 0.6 is 22.9 Å². The standard InChI is InChI=1S/C11H7ClF3N3S/c12-9-4-7(11(13,14)15)5-16-10(9)18-17-6-8-2-1-3-19-8/h1-6H,(H,16,18). The van der Waals surface area contributed by atoms with Gasteiger partial charge >= 0.3 is 6.18 Å². The predicted octanol–water partition coefficient (Wildman–Crippen LogP) is 4.26. The molecule has 0 aromatic carbocycles. The average molecular weight is 306 g/mol. The predicted molar refractivity (Wildman–Crippen MR) is 69.8 cm³/mol. The molecule has 0 bridgehead atoms. The van der Waals surface area contributed by atoms with Crippen LogP contribution in [0.1, 0.15) is 10.4 Å². The average Bonchev–Trinajstić information content (AvgIpc) is 2.83. The fourth-order valence-corrected chi connectivity index (χ4v) is 1.99. The molecule has 0 aliphatic rings. The van der Waals surface area contributed by atoms with Gasteiger partial charge in [0.15, 0.2) is 5.82 Å². The Bertz CT molecular complexity index is 581. The van der Waals surface area contributed by atoms with E-state index in [1.807, 2.05) is 17.5 Å². The lowest BCUT2D eigenvalue weighted by Gasteiger charge is -2.08. The molecule has 2 aromatic rings. The van der Waals surface area contributed by atoms with Crippen LogP contribution in [-0.2, 0) is 6.18 Å². The number of hydrazone groups is 1. The normalized spacial score (nSPS) is 12.0. The molecule has 0 fully saturated rings. The highest BCUT2D eigenvalue weighted by atomic mass is 35.5. The van der Waals surface area contributed by atoms with Crippen LogP contribution in [0, 0.1) is 0 Å². The molecule has 0 unspecified atom stereocenters. The molecule has 8 heteroatoms. The topological polar surface area (TPSA) is 37.3 Å². The van der Waals surface area contributed by atoms with Gasteiger partial charge in [0.25, 0.3) is 0 Å². The number of hydrogen-bond acceptors (Lipinski definition) is 4. The van der Waals surface area contributed by atoms with Gasteiger partial charge in [-0.15, -0.1) is 11.3 Å². The summed E-state index contributed by atoms with van der Waals surface area (Å²) in [6.07, 6.45) is -2.23. The van der Waals surface area contributed by atoms with Gasteiger partial charge in [0.2, 0.25) is 0 Å². The fraction of sp³-hybridized carbons (Fsp3) is 0.0909. The SMILES string of the molecule is FC(F)(F)c1cnc(NN=Cc2cccs2)c(Cl)c1. The third-order valence-electron chi connectivity index (χ3n) is 2.07. The third kappa shape index (κ3) is 3.68. The Morgan fingerprint density at radius 1 is 1.42 bits per heavy atom. The van der Waals surface area contributed by atoms with E-state index in [1.165, 1.54) is 17.6 Å². The lowest BCUT2D eigenvalue weighted by atomic mass is 10.3. The molecule has 0 aliphatic heterocycles. The molecule has 0 radical (unpaired) electrons. The Labute approximate surface area is 115 Å². The van der Waals surface area contributed by atoms with Gasteiger partial charge in [-0.25, -0.2) is 4.98 Å². The molecule has 0 spiro atoms. The van der Waals surface area contributed by atoms with Crippen molar-refractivity contribution in [2.24, 2.45) is 5.10 Å². The lowest BCUT2D eigenvalue weighted by molar-refractivity contribution is -0.137. The van der Waals surface area contributed by atoms with Crippen LogP contribution in [0.25, 0.3) is 0 Å². The first kappa shape index (κ1) is 13.8. The summed E-state index contributed by atoms with van der Waals surface area (Å²) in [5.41, 5.74) is 1.60. The minimum atomic E-state index is -4.46.